The highest BCUT2D eigenvalue weighted by Crippen LogP contribution is 2.33. The van der Waals surface area contributed by atoms with Gasteiger partial charge in [-0.15, -0.1) is 12.4 Å². The van der Waals surface area contributed by atoms with Crippen molar-refractivity contribution in [2.45, 2.75) is 26.9 Å². The normalized spacial score (nSPS) is 10.3. The lowest BCUT2D eigenvalue weighted by molar-refractivity contribution is 0.0950. The molecule has 1 amide bonds. The number of hydrogen-bond acceptors (Lipinski definition) is 6. The molecule has 7 nitrogen and oxygen atoms in total. The van der Waals surface area contributed by atoms with Crippen LogP contribution in [0.15, 0.2) is 40.9 Å². The van der Waals surface area contributed by atoms with Crippen molar-refractivity contribution in [2.75, 3.05) is 7.11 Å². The van der Waals surface area contributed by atoms with Gasteiger partial charge in [0.2, 0.25) is 0 Å². The first kappa shape index (κ1) is 23.2. The van der Waals surface area contributed by atoms with E-state index in [-0.39, 0.29) is 42.9 Å². The van der Waals surface area contributed by atoms with Gasteiger partial charge in [0.05, 0.1) is 12.8 Å². The summed E-state index contributed by atoms with van der Waals surface area (Å²) >= 11 is 0. The van der Waals surface area contributed by atoms with E-state index in [1.165, 1.54) is 25.3 Å². The number of carbonyl (C=O) groups excluding carboxylic acids is 1. The van der Waals surface area contributed by atoms with Gasteiger partial charge in [0.15, 0.2) is 11.5 Å². The summed E-state index contributed by atoms with van der Waals surface area (Å²) in [7, 11) is 1.48. The van der Waals surface area contributed by atoms with Crippen molar-refractivity contribution in [1.29, 1.82) is 0 Å². The molecule has 0 atom stereocenters. The largest absolute Gasteiger partial charge is 0.493 e. The highest BCUT2D eigenvalue weighted by molar-refractivity contribution is 5.94. The Morgan fingerprint density at radius 1 is 1.20 bits per heavy atom. The lowest BCUT2D eigenvalue weighted by Gasteiger charge is -2.13. The molecule has 2 aromatic carbocycles. The van der Waals surface area contributed by atoms with Crippen LogP contribution in [0.5, 0.6) is 17.2 Å². The first-order valence-electron chi connectivity index (χ1n) is 8.96. The number of rotatable bonds is 7. The monoisotopic (exact) mass is 435 g/mol. The second-order valence-corrected chi connectivity index (χ2v) is 6.45. The Morgan fingerprint density at radius 3 is 2.60 bits per heavy atom. The number of ether oxygens (including phenoxy) is 2. The average Bonchev–Trinajstić information content (AvgIpc) is 3.03. The number of methoxy groups -OCH3 is 1. The van der Waals surface area contributed by atoms with E-state index >= 15 is 0 Å². The van der Waals surface area contributed by atoms with Gasteiger partial charge in [-0.3, -0.25) is 4.79 Å². The zero-order valence-corrected chi connectivity index (χ0v) is 17.6. The predicted molar refractivity (Wildman–Crippen MR) is 112 cm³/mol. The molecule has 0 fully saturated rings. The molecule has 0 radical (unpaired) electrons. The van der Waals surface area contributed by atoms with Gasteiger partial charge in [0.25, 0.3) is 5.91 Å². The maximum Gasteiger partial charge on any atom is 0.251 e. The number of halogens is 2. The molecule has 0 unspecified atom stereocenters. The predicted octanol–water partition coefficient (Wildman–Crippen LogP) is 4.04. The number of carbonyl (C=O) groups is 1. The third kappa shape index (κ3) is 5.28. The molecule has 30 heavy (non-hydrogen) atoms. The summed E-state index contributed by atoms with van der Waals surface area (Å²) in [5.41, 5.74) is 8.09. The minimum absolute atomic E-state index is 0. The van der Waals surface area contributed by atoms with Crippen LogP contribution < -0.4 is 20.5 Å². The number of nitrogens with one attached hydrogen (secondary N) is 1. The van der Waals surface area contributed by atoms with E-state index < -0.39 is 5.82 Å². The number of nitrogens with two attached hydrogens (primary N) is 1. The Bertz CT molecular complexity index is 1020. The maximum absolute atomic E-state index is 13.8. The van der Waals surface area contributed by atoms with E-state index in [1.807, 2.05) is 6.92 Å². The van der Waals surface area contributed by atoms with Gasteiger partial charge in [0.1, 0.15) is 17.3 Å². The van der Waals surface area contributed by atoms with Gasteiger partial charge in [0, 0.05) is 30.3 Å². The van der Waals surface area contributed by atoms with Crippen molar-refractivity contribution in [3.8, 4) is 17.2 Å². The Labute approximate surface area is 179 Å². The molecule has 0 saturated heterocycles. The fourth-order valence-corrected chi connectivity index (χ4v) is 2.85. The second kappa shape index (κ2) is 10.1. The summed E-state index contributed by atoms with van der Waals surface area (Å²) in [6.07, 6.45) is 0. The molecule has 3 rings (SSSR count). The lowest BCUT2D eigenvalue weighted by atomic mass is 10.1. The number of benzene rings is 2. The van der Waals surface area contributed by atoms with Crippen LogP contribution in [0.2, 0.25) is 0 Å². The topological polar surface area (TPSA) is 99.6 Å². The lowest BCUT2D eigenvalue weighted by Crippen LogP contribution is -2.23. The molecule has 3 aromatic rings. The molecule has 3 N–H and O–H groups in total. The third-order valence-electron chi connectivity index (χ3n) is 4.43. The Morgan fingerprint density at radius 2 is 1.97 bits per heavy atom. The summed E-state index contributed by atoms with van der Waals surface area (Å²) in [6.45, 7) is 4.06. The van der Waals surface area contributed by atoms with Gasteiger partial charge in [-0.2, -0.15) is 0 Å². The smallest absolute Gasteiger partial charge is 0.251 e. The minimum Gasteiger partial charge on any atom is -0.493 e. The molecular weight excluding hydrogens is 413 g/mol. The first-order valence-corrected chi connectivity index (χ1v) is 8.96. The SMILES string of the molecule is COc1ccc(C(=O)NCc2c(C)noc2C)cc1Oc1cc(F)cc(CN)c1.Cl. The summed E-state index contributed by atoms with van der Waals surface area (Å²) in [6, 6.07) is 8.97. The molecule has 160 valence electrons. The van der Waals surface area contributed by atoms with Crippen molar-refractivity contribution >= 4 is 18.3 Å². The van der Waals surface area contributed by atoms with Crippen LogP contribution >= 0.6 is 12.4 Å². The van der Waals surface area contributed by atoms with Gasteiger partial charge in [-0.05, 0) is 49.7 Å². The second-order valence-electron chi connectivity index (χ2n) is 6.45. The van der Waals surface area contributed by atoms with Crippen molar-refractivity contribution < 1.29 is 23.2 Å². The quantitative estimate of drug-likeness (QED) is 0.581. The highest BCUT2D eigenvalue weighted by Gasteiger charge is 2.15. The summed E-state index contributed by atoms with van der Waals surface area (Å²) in [5.74, 6) is 0.840. The molecule has 1 aromatic heterocycles. The standard InChI is InChI=1S/C21H22FN3O4.ClH/c1-12-18(13(2)29-25-12)11-24-21(26)15-4-5-19(27-3)20(8-15)28-17-7-14(10-23)6-16(22)9-17;/h4-9H,10-11,23H2,1-3H3,(H,24,26);1H. The van der Waals surface area contributed by atoms with E-state index in [2.05, 4.69) is 10.5 Å². The molecule has 0 aliphatic carbocycles. The number of aryl methyl sites for hydroxylation is 2. The zero-order chi connectivity index (χ0) is 21.0. The zero-order valence-electron chi connectivity index (χ0n) is 16.8. The fourth-order valence-electron chi connectivity index (χ4n) is 2.85. The van der Waals surface area contributed by atoms with Crippen molar-refractivity contribution in [1.82, 2.24) is 10.5 Å². The van der Waals surface area contributed by atoms with E-state index in [0.717, 1.165) is 11.3 Å². The minimum atomic E-state index is -0.463. The van der Waals surface area contributed by atoms with E-state index in [9.17, 15) is 9.18 Å². The van der Waals surface area contributed by atoms with Gasteiger partial charge in [-0.1, -0.05) is 5.16 Å². The molecular formula is C21H23ClFN3O4. The van der Waals surface area contributed by atoms with Crippen LogP contribution in [-0.2, 0) is 13.1 Å². The molecule has 0 aliphatic heterocycles. The van der Waals surface area contributed by atoms with Crippen LogP contribution in [-0.4, -0.2) is 18.2 Å². The molecule has 0 saturated carbocycles. The van der Waals surface area contributed by atoms with E-state index in [1.54, 1.807) is 25.1 Å². The van der Waals surface area contributed by atoms with Crippen molar-refractivity contribution in [3.05, 3.63) is 70.4 Å². The summed E-state index contributed by atoms with van der Waals surface area (Å²) in [5, 5.41) is 6.70. The van der Waals surface area contributed by atoms with Gasteiger partial charge in [-0.25, -0.2) is 4.39 Å². The maximum atomic E-state index is 13.8. The number of hydrogen-bond donors (Lipinski definition) is 2. The van der Waals surface area contributed by atoms with Crippen molar-refractivity contribution in [2.24, 2.45) is 5.73 Å². The van der Waals surface area contributed by atoms with Crippen LogP contribution in [0, 0.1) is 19.7 Å². The summed E-state index contributed by atoms with van der Waals surface area (Å²) in [4.78, 5) is 12.6. The van der Waals surface area contributed by atoms with Gasteiger partial charge >= 0.3 is 0 Å². The molecule has 9 heteroatoms. The van der Waals surface area contributed by atoms with E-state index in [4.69, 9.17) is 19.7 Å². The Hall–Kier alpha value is -3.10. The summed E-state index contributed by atoms with van der Waals surface area (Å²) < 4.78 is 29.9. The Kier molecular flexibility index (Phi) is 7.79. The molecule has 0 aliphatic rings. The average molecular weight is 436 g/mol. The molecule has 0 spiro atoms. The number of aromatic nitrogens is 1. The highest BCUT2D eigenvalue weighted by atomic mass is 35.5. The van der Waals surface area contributed by atoms with Gasteiger partial charge < -0.3 is 25.0 Å². The van der Waals surface area contributed by atoms with Crippen LogP contribution in [0.4, 0.5) is 4.39 Å². The van der Waals surface area contributed by atoms with Crippen molar-refractivity contribution in [3.63, 3.8) is 0 Å². The Balaban J connectivity index is 0.00000320. The number of nitrogens with zero attached hydrogens (tertiary/aromatic N) is 1. The van der Waals surface area contributed by atoms with E-state index in [0.29, 0.717) is 22.6 Å². The molecule has 1 heterocycles. The van der Waals surface area contributed by atoms with Crippen LogP contribution in [0.3, 0.4) is 0 Å². The molecule has 0 bridgehead atoms. The van der Waals surface area contributed by atoms with Crippen LogP contribution in [0.25, 0.3) is 0 Å². The third-order valence-corrected chi connectivity index (χ3v) is 4.43. The van der Waals surface area contributed by atoms with Crippen LogP contribution in [0.1, 0.15) is 32.9 Å². The first-order chi connectivity index (χ1) is 13.9. The number of amides is 1. The fraction of sp³-hybridized carbons (Fsp3) is 0.238.